The van der Waals surface area contributed by atoms with Crippen LogP contribution in [0.25, 0.3) is 0 Å². The first-order chi connectivity index (χ1) is 8.74. The number of rotatable bonds is 5. The second-order valence-corrected chi connectivity index (χ2v) is 5.76. The molecule has 0 aliphatic heterocycles. The molecule has 0 bridgehead atoms. The van der Waals surface area contributed by atoms with Crippen molar-refractivity contribution in [2.75, 3.05) is 13.1 Å². The molecule has 0 saturated heterocycles. The van der Waals surface area contributed by atoms with Gasteiger partial charge in [-0.1, -0.05) is 31.9 Å². The lowest BCUT2D eigenvalue weighted by Crippen LogP contribution is -2.28. The highest BCUT2D eigenvalue weighted by Crippen LogP contribution is 2.27. The van der Waals surface area contributed by atoms with E-state index in [4.69, 9.17) is 0 Å². The molecule has 100 valence electrons. The molecule has 2 rings (SSSR count). The molecule has 1 aliphatic carbocycles. The summed E-state index contributed by atoms with van der Waals surface area (Å²) in [4.78, 5) is 0. The van der Waals surface area contributed by atoms with E-state index in [1.54, 1.807) is 12.1 Å². The van der Waals surface area contributed by atoms with Crippen LogP contribution in [0.2, 0.25) is 0 Å². The zero-order chi connectivity index (χ0) is 12.8. The van der Waals surface area contributed by atoms with E-state index < -0.39 is 0 Å². The second-order valence-electron chi connectivity index (χ2n) is 5.76. The van der Waals surface area contributed by atoms with Crippen LogP contribution in [0.1, 0.15) is 38.2 Å². The number of phenols is 1. The molecule has 2 heteroatoms. The fourth-order valence-corrected chi connectivity index (χ4v) is 2.95. The van der Waals surface area contributed by atoms with E-state index in [1.807, 2.05) is 12.1 Å². The highest BCUT2D eigenvalue weighted by atomic mass is 16.3. The van der Waals surface area contributed by atoms with Gasteiger partial charge in [-0.05, 0) is 61.9 Å². The minimum absolute atomic E-state index is 0.350. The highest BCUT2D eigenvalue weighted by molar-refractivity contribution is 5.25. The normalized spacial score (nSPS) is 24.1. The van der Waals surface area contributed by atoms with Crippen LogP contribution >= 0.6 is 0 Å². The lowest BCUT2D eigenvalue weighted by Gasteiger charge is -2.26. The van der Waals surface area contributed by atoms with E-state index >= 15 is 0 Å². The molecular formula is C16H25NO. The Morgan fingerprint density at radius 1 is 1.22 bits per heavy atom. The Labute approximate surface area is 110 Å². The molecule has 0 amide bonds. The Kier molecular flexibility index (Phi) is 5.06. The molecule has 2 atom stereocenters. The summed E-state index contributed by atoms with van der Waals surface area (Å²) in [6.45, 7) is 4.58. The topological polar surface area (TPSA) is 32.3 Å². The van der Waals surface area contributed by atoms with E-state index in [0.717, 1.165) is 24.8 Å². The summed E-state index contributed by atoms with van der Waals surface area (Å²) in [6.07, 6.45) is 6.67. The number of nitrogens with one attached hydrogen (secondary N) is 1. The van der Waals surface area contributed by atoms with E-state index in [2.05, 4.69) is 12.2 Å². The van der Waals surface area contributed by atoms with Crippen molar-refractivity contribution in [3.8, 4) is 5.75 Å². The van der Waals surface area contributed by atoms with Crippen molar-refractivity contribution < 1.29 is 5.11 Å². The summed E-state index contributed by atoms with van der Waals surface area (Å²) in [6, 6.07) is 7.52. The fraction of sp³-hybridized carbons (Fsp3) is 0.625. The van der Waals surface area contributed by atoms with E-state index in [9.17, 15) is 5.11 Å². The van der Waals surface area contributed by atoms with Crippen LogP contribution in [0.3, 0.4) is 0 Å². The average Bonchev–Trinajstić information content (AvgIpc) is 2.37. The molecule has 0 heterocycles. The van der Waals surface area contributed by atoms with Gasteiger partial charge in [0.2, 0.25) is 0 Å². The van der Waals surface area contributed by atoms with Crippen LogP contribution in [0.4, 0.5) is 0 Å². The van der Waals surface area contributed by atoms with Crippen molar-refractivity contribution in [2.24, 2.45) is 11.8 Å². The van der Waals surface area contributed by atoms with Gasteiger partial charge < -0.3 is 10.4 Å². The first-order valence-corrected chi connectivity index (χ1v) is 7.22. The van der Waals surface area contributed by atoms with Gasteiger partial charge in [-0.3, -0.25) is 0 Å². The average molecular weight is 247 g/mol. The number of phenolic OH excluding ortho intramolecular Hbond substituents is 1. The predicted molar refractivity (Wildman–Crippen MR) is 75.8 cm³/mol. The molecular weight excluding hydrogens is 222 g/mol. The number of hydrogen-bond acceptors (Lipinski definition) is 2. The molecule has 1 saturated carbocycles. The van der Waals surface area contributed by atoms with Gasteiger partial charge in [-0.2, -0.15) is 0 Å². The first kappa shape index (κ1) is 13.4. The van der Waals surface area contributed by atoms with Gasteiger partial charge in [0.25, 0.3) is 0 Å². The van der Waals surface area contributed by atoms with Gasteiger partial charge in [0.15, 0.2) is 0 Å². The van der Waals surface area contributed by atoms with Crippen molar-refractivity contribution in [3.63, 3.8) is 0 Å². The largest absolute Gasteiger partial charge is 0.508 e. The quantitative estimate of drug-likeness (QED) is 0.782. The van der Waals surface area contributed by atoms with E-state index in [1.165, 1.54) is 37.8 Å². The first-order valence-electron chi connectivity index (χ1n) is 7.22. The molecule has 0 radical (unpaired) electrons. The summed E-state index contributed by atoms with van der Waals surface area (Å²) in [5.74, 6) is 2.15. The number of benzene rings is 1. The molecule has 2 nitrogen and oxygen atoms in total. The van der Waals surface area contributed by atoms with Crippen LogP contribution in [0, 0.1) is 11.8 Å². The van der Waals surface area contributed by atoms with Crippen LogP contribution in [-0.4, -0.2) is 18.2 Å². The van der Waals surface area contributed by atoms with Crippen molar-refractivity contribution in [1.29, 1.82) is 0 Å². The van der Waals surface area contributed by atoms with Crippen molar-refractivity contribution in [3.05, 3.63) is 29.8 Å². The SMILES string of the molecule is CC1CCCC(CNCCc2ccc(O)cc2)C1. The minimum Gasteiger partial charge on any atom is -0.508 e. The molecule has 1 fully saturated rings. The van der Waals surface area contributed by atoms with Gasteiger partial charge in [-0.15, -0.1) is 0 Å². The lowest BCUT2D eigenvalue weighted by atomic mass is 9.82. The van der Waals surface area contributed by atoms with Gasteiger partial charge in [0, 0.05) is 0 Å². The fourth-order valence-electron chi connectivity index (χ4n) is 2.95. The molecule has 2 N–H and O–H groups in total. The zero-order valence-corrected chi connectivity index (χ0v) is 11.4. The Bertz CT molecular complexity index is 347. The van der Waals surface area contributed by atoms with Gasteiger partial charge in [0.05, 0.1) is 0 Å². The highest BCUT2D eigenvalue weighted by Gasteiger charge is 2.17. The summed E-state index contributed by atoms with van der Waals surface area (Å²) in [5.41, 5.74) is 1.29. The maximum Gasteiger partial charge on any atom is 0.115 e. The van der Waals surface area contributed by atoms with Crippen LogP contribution in [0.5, 0.6) is 5.75 Å². The third-order valence-corrected chi connectivity index (χ3v) is 4.00. The van der Waals surface area contributed by atoms with E-state index in [0.29, 0.717) is 5.75 Å². The summed E-state index contributed by atoms with van der Waals surface area (Å²) in [7, 11) is 0. The Morgan fingerprint density at radius 3 is 2.72 bits per heavy atom. The molecule has 1 aliphatic rings. The lowest BCUT2D eigenvalue weighted by molar-refractivity contribution is 0.275. The van der Waals surface area contributed by atoms with Crippen molar-refractivity contribution in [1.82, 2.24) is 5.32 Å². The standard InChI is InChI=1S/C16H25NO/c1-13-3-2-4-15(11-13)12-17-10-9-14-5-7-16(18)8-6-14/h5-8,13,15,17-18H,2-4,9-12H2,1H3. The summed E-state index contributed by atoms with van der Waals surface area (Å²) >= 11 is 0. The molecule has 18 heavy (non-hydrogen) atoms. The van der Waals surface area contributed by atoms with Crippen LogP contribution in [-0.2, 0) is 6.42 Å². The Morgan fingerprint density at radius 2 is 2.00 bits per heavy atom. The third-order valence-electron chi connectivity index (χ3n) is 4.00. The van der Waals surface area contributed by atoms with Crippen LogP contribution in [0.15, 0.2) is 24.3 Å². The summed E-state index contributed by atoms with van der Waals surface area (Å²) < 4.78 is 0. The maximum atomic E-state index is 9.21. The van der Waals surface area contributed by atoms with Crippen LogP contribution < -0.4 is 5.32 Å². The minimum atomic E-state index is 0.350. The maximum absolute atomic E-state index is 9.21. The Balaban J connectivity index is 1.62. The molecule has 1 aromatic rings. The smallest absolute Gasteiger partial charge is 0.115 e. The second kappa shape index (κ2) is 6.79. The molecule has 0 spiro atoms. The van der Waals surface area contributed by atoms with Gasteiger partial charge in [0.1, 0.15) is 5.75 Å². The molecule has 0 aromatic heterocycles. The van der Waals surface area contributed by atoms with Gasteiger partial charge >= 0.3 is 0 Å². The Hall–Kier alpha value is -1.02. The summed E-state index contributed by atoms with van der Waals surface area (Å²) in [5, 5.41) is 12.8. The van der Waals surface area contributed by atoms with E-state index in [-0.39, 0.29) is 0 Å². The number of aromatic hydroxyl groups is 1. The third kappa shape index (κ3) is 4.34. The molecule has 1 aromatic carbocycles. The van der Waals surface area contributed by atoms with Crippen molar-refractivity contribution >= 4 is 0 Å². The number of hydrogen-bond donors (Lipinski definition) is 2. The molecule has 2 unspecified atom stereocenters. The van der Waals surface area contributed by atoms with Gasteiger partial charge in [-0.25, -0.2) is 0 Å². The monoisotopic (exact) mass is 247 g/mol. The predicted octanol–water partition coefficient (Wildman–Crippen LogP) is 3.35. The zero-order valence-electron chi connectivity index (χ0n) is 11.4. The van der Waals surface area contributed by atoms with Crippen molar-refractivity contribution in [2.45, 2.75) is 39.0 Å².